The van der Waals surface area contributed by atoms with Crippen molar-refractivity contribution < 1.29 is 14.1 Å². The third-order valence-corrected chi connectivity index (χ3v) is 3.53. The van der Waals surface area contributed by atoms with Gasteiger partial charge in [0.2, 0.25) is 0 Å². The summed E-state index contributed by atoms with van der Waals surface area (Å²) in [6.07, 6.45) is 2.51. The molecule has 3 aromatic rings. The first kappa shape index (κ1) is 14.8. The number of aromatic nitrogens is 2. The zero-order chi connectivity index (χ0) is 16.6. The van der Waals surface area contributed by atoms with E-state index >= 15 is 0 Å². The number of nitrogens with zero attached hydrogens (tertiary/aromatic N) is 3. The lowest BCUT2D eigenvalue weighted by Crippen LogP contribution is -1.96. The zero-order valence-electron chi connectivity index (χ0n) is 12.4. The lowest BCUT2D eigenvalue weighted by atomic mass is 10.1. The van der Waals surface area contributed by atoms with Gasteiger partial charge in [0.1, 0.15) is 11.9 Å². The number of pyridine rings is 2. The van der Waals surface area contributed by atoms with E-state index in [-0.39, 0.29) is 5.88 Å². The van der Waals surface area contributed by atoms with Crippen LogP contribution in [0.4, 0.5) is 10.1 Å². The fraction of sp³-hybridized carbons (Fsp3) is 0.125. The average Bonchev–Trinajstić information content (AvgIpc) is 2.51. The minimum Gasteiger partial charge on any atom is -0.436 e. The van der Waals surface area contributed by atoms with Crippen LogP contribution in [0.15, 0.2) is 36.7 Å². The van der Waals surface area contributed by atoms with Crippen molar-refractivity contribution in [2.75, 3.05) is 0 Å². The lowest BCUT2D eigenvalue weighted by Gasteiger charge is -2.10. The third-order valence-electron chi connectivity index (χ3n) is 3.53. The molecule has 6 nitrogen and oxygen atoms in total. The molecule has 0 bridgehead atoms. The van der Waals surface area contributed by atoms with E-state index in [1.807, 2.05) is 26.0 Å². The molecule has 23 heavy (non-hydrogen) atoms. The van der Waals surface area contributed by atoms with Crippen LogP contribution in [0, 0.1) is 29.8 Å². The van der Waals surface area contributed by atoms with Crippen molar-refractivity contribution >= 4 is 16.6 Å². The highest BCUT2D eigenvalue weighted by Crippen LogP contribution is 2.31. The Morgan fingerprint density at radius 2 is 1.91 bits per heavy atom. The van der Waals surface area contributed by atoms with Gasteiger partial charge in [-0.05, 0) is 43.2 Å². The summed E-state index contributed by atoms with van der Waals surface area (Å²) in [4.78, 5) is 17.8. The summed E-state index contributed by atoms with van der Waals surface area (Å²) in [5, 5.41) is 11.3. The molecule has 0 spiro atoms. The van der Waals surface area contributed by atoms with E-state index in [4.69, 9.17) is 4.74 Å². The molecule has 2 aromatic heterocycles. The summed E-state index contributed by atoms with van der Waals surface area (Å²) in [6.45, 7) is 3.93. The summed E-state index contributed by atoms with van der Waals surface area (Å²) >= 11 is 0. The predicted molar refractivity (Wildman–Crippen MR) is 82.1 cm³/mol. The van der Waals surface area contributed by atoms with Gasteiger partial charge in [-0.15, -0.1) is 0 Å². The molecule has 0 saturated carbocycles. The van der Waals surface area contributed by atoms with Gasteiger partial charge in [0.15, 0.2) is 5.82 Å². The van der Waals surface area contributed by atoms with E-state index in [0.29, 0.717) is 11.3 Å². The zero-order valence-corrected chi connectivity index (χ0v) is 12.4. The Hall–Kier alpha value is -3.09. The van der Waals surface area contributed by atoms with Gasteiger partial charge in [0.25, 0.3) is 11.6 Å². The van der Waals surface area contributed by atoms with Crippen LogP contribution >= 0.6 is 0 Å². The Bertz CT molecular complexity index is 928. The Labute approximate surface area is 130 Å². The van der Waals surface area contributed by atoms with E-state index in [1.54, 1.807) is 12.3 Å². The Morgan fingerprint density at radius 1 is 1.17 bits per heavy atom. The third kappa shape index (κ3) is 2.80. The highest BCUT2D eigenvalue weighted by atomic mass is 19.1. The topological polar surface area (TPSA) is 78.2 Å². The number of aryl methyl sites for hydroxylation is 2. The maximum absolute atomic E-state index is 13.9. The molecule has 1 aromatic carbocycles. The smallest absolute Gasteiger partial charge is 0.290 e. The van der Waals surface area contributed by atoms with Gasteiger partial charge in [-0.25, -0.2) is 9.37 Å². The van der Waals surface area contributed by atoms with Gasteiger partial charge < -0.3 is 4.74 Å². The van der Waals surface area contributed by atoms with Crippen LogP contribution in [-0.4, -0.2) is 14.9 Å². The van der Waals surface area contributed by atoms with Crippen molar-refractivity contribution in [2.24, 2.45) is 0 Å². The molecule has 0 radical (unpaired) electrons. The van der Waals surface area contributed by atoms with E-state index in [2.05, 4.69) is 9.97 Å². The normalized spacial score (nSPS) is 10.7. The predicted octanol–water partition coefficient (Wildman–Crippen LogP) is 4.09. The molecule has 3 rings (SSSR count). The van der Waals surface area contributed by atoms with Crippen molar-refractivity contribution in [3.05, 3.63) is 63.7 Å². The van der Waals surface area contributed by atoms with Gasteiger partial charge in [0, 0.05) is 11.6 Å². The van der Waals surface area contributed by atoms with E-state index in [0.717, 1.165) is 28.8 Å². The molecule has 0 N–H and O–H groups in total. The van der Waals surface area contributed by atoms with E-state index in [9.17, 15) is 14.5 Å². The Morgan fingerprint density at radius 3 is 2.61 bits per heavy atom. The van der Waals surface area contributed by atoms with Crippen LogP contribution in [0.25, 0.3) is 10.9 Å². The van der Waals surface area contributed by atoms with Crippen molar-refractivity contribution in [3.63, 3.8) is 0 Å². The van der Waals surface area contributed by atoms with Gasteiger partial charge >= 0.3 is 0 Å². The monoisotopic (exact) mass is 313 g/mol. The molecular formula is C16H12FN3O3. The molecule has 0 aliphatic rings. The van der Waals surface area contributed by atoms with E-state index < -0.39 is 16.4 Å². The number of hydrogen-bond donors (Lipinski definition) is 0. The first-order valence-electron chi connectivity index (χ1n) is 6.79. The standard InChI is InChI=1S/C16H12FN3O3/c1-9-5-12-14(6-10(9)2)18-4-3-15(12)23-16-13(17)7-11(8-19-16)20(21)22/h3-8H,1-2H3. The number of hydrogen-bond acceptors (Lipinski definition) is 5. The van der Waals surface area contributed by atoms with Crippen LogP contribution in [0.3, 0.4) is 0 Å². The summed E-state index contributed by atoms with van der Waals surface area (Å²) < 4.78 is 19.4. The van der Waals surface area contributed by atoms with Crippen LogP contribution in [0.1, 0.15) is 11.1 Å². The van der Waals surface area contributed by atoms with Crippen molar-refractivity contribution in [2.45, 2.75) is 13.8 Å². The van der Waals surface area contributed by atoms with Gasteiger partial charge in [-0.2, -0.15) is 0 Å². The van der Waals surface area contributed by atoms with Gasteiger partial charge in [-0.1, -0.05) is 0 Å². The quantitative estimate of drug-likeness (QED) is 0.537. The van der Waals surface area contributed by atoms with Gasteiger partial charge in [-0.3, -0.25) is 15.1 Å². The number of halogens is 1. The van der Waals surface area contributed by atoms with Crippen LogP contribution < -0.4 is 4.74 Å². The highest BCUT2D eigenvalue weighted by molar-refractivity contribution is 5.86. The second kappa shape index (κ2) is 5.60. The number of rotatable bonds is 3. The number of ether oxygens (including phenoxy) is 1. The second-order valence-electron chi connectivity index (χ2n) is 5.10. The van der Waals surface area contributed by atoms with Crippen LogP contribution in [-0.2, 0) is 0 Å². The second-order valence-corrected chi connectivity index (χ2v) is 5.10. The molecule has 0 saturated heterocycles. The SMILES string of the molecule is Cc1cc2nccc(Oc3ncc([N+](=O)[O-])cc3F)c2cc1C. The minimum atomic E-state index is -0.895. The highest BCUT2D eigenvalue weighted by Gasteiger charge is 2.15. The molecule has 0 aliphatic carbocycles. The Kier molecular flexibility index (Phi) is 3.61. The van der Waals surface area contributed by atoms with Crippen molar-refractivity contribution in [1.29, 1.82) is 0 Å². The minimum absolute atomic E-state index is 0.318. The maximum Gasteiger partial charge on any atom is 0.290 e. The van der Waals surface area contributed by atoms with E-state index in [1.165, 1.54) is 0 Å². The summed E-state index contributed by atoms with van der Waals surface area (Å²) in [7, 11) is 0. The average molecular weight is 313 g/mol. The summed E-state index contributed by atoms with van der Waals surface area (Å²) in [5.41, 5.74) is 2.42. The fourth-order valence-electron chi connectivity index (χ4n) is 2.16. The first-order valence-corrected chi connectivity index (χ1v) is 6.79. The molecule has 0 amide bonds. The first-order chi connectivity index (χ1) is 11.0. The van der Waals surface area contributed by atoms with Crippen LogP contribution in [0.5, 0.6) is 11.6 Å². The molecule has 7 heteroatoms. The molecule has 0 atom stereocenters. The number of nitro groups is 1. The molecule has 2 heterocycles. The number of fused-ring (bicyclic) bond motifs is 1. The molecule has 0 unspecified atom stereocenters. The summed E-state index contributed by atoms with van der Waals surface area (Å²) in [5.74, 6) is -0.826. The summed E-state index contributed by atoms with van der Waals surface area (Å²) in [6, 6.07) is 6.19. The largest absolute Gasteiger partial charge is 0.436 e. The molecular weight excluding hydrogens is 301 g/mol. The fourth-order valence-corrected chi connectivity index (χ4v) is 2.16. The molecule has 0 fully saturated rings. The Balaban J connectivity index is 2.05. The maximum atomic E-state index is 13.9. The molecule has 0 aliphatic heterocycles. The number of benzene rings is 1. The van der Waals surface area contributed by atoms with Crippen molar-refractivity contribution in [3.8, 4) is 11.6 Å². The van der Waals surface area contributed by atoms with Crippen LogP contribution in [0.2, 0.25) is 0 Å². The lowest BCUT2D eigenvalue weighted by molar-refractivity contribution is -0.385. The molecule has 116 valence electrons. The van der Waals surface area contributed by atoms with Crippen molar-refractivity contribution in [1.82, 2.24) is 9.97 Å². The van der Waals surface area contributed by atoms with Gasteiger partial charge in [0.05, 0.1) is 16.5 Å².